The molecule has 0 aromatic rings. The Balaban J connectivity index is 0. The van der Waals surface area contributed by atoms with Gasteiger partial charge in [0.25, 0.3) is 0 Å². The van der Waals surface area contributed by atoms with Crippen molar-refractivity contribution < 1.29 is 4.92 Å². The van der Waals surface area contributed by atoms with Crippen LogP contribution in [0, 0.1) is 10.1 Å². The Morgan fingerprint density at radius 1 is 1.55 bits per heavy atom. The molecule has 0 aromatic heterocycles. The van der Waals surface area contributed by atoms with Crippen molar-refractivity contribution in [3.05, 3.63) is 20.1 Å². The molecule has 0 aliphatic heterocycles. The molecule has 0 rings (SSSR count). The lowest BCUT2D eigenvalue weighted by Gasteiger charge is -1.88. The SMILES string of the molecule is CC(C)[N+](=O)[O-].ClC=C(Cl)Cl. The molecule has 0 aromatic carbocycles. The Morgan fingerprint density at radius 3 is 1.73 bits per heavy atom. The summed E-state index contributed by atoms with van der Waals surface area (Å²) in [5.74, 6) is 0. The summed E-state index contributed by atoms with van der Waals surface area (Å²) >= 11 is 14.8. The first kappa shape index (κ1) is 13.6. The maximum atomic E-state index is 9.50. The summed E-state index contributed by atoms with van der Waals surface area (Å²) in [6.45, 7) is 3.08. The van der Waals surface area contributed by atoms with Gasteiger partial charge in [-0.2, -0.15) is 0 Å². The standard InChI is InChI=1S/C3H7NO2.C2HCl3/c1-3(2)4(5)6;3-1-2(4)5/h3H,1-2H3;1H. The van der Waals surface area contributed by atoms with Crippen molar-refractivity contribution in [1.29, 1.82) is 0 Å². The molecule has 0 aliphatic carbocycles. The lowest BCUT2D eigenvalue weighted by Crippen LogP contribution is -2.08. The highest BCUT2D eigenvalue weighted by Gasteiger charge is 1.99. The Hall–Kier alpha value is 0.01000. The summed E-state index contributed by atoms with van der Waals surface area (Å²) < 4.78 is 0.0895. The topological polar surface area (TPSA) is 43.1 Å². The zero-order valence-corrected chi connectivity index (χ0v) is 8.32. The Bertz CT molecular complexity index is 143. The summed E-state index contributed by atoms with van der Waals surface area (Å²) in [6.07, 6.45) is 0. The first-order chi connectivity index (χ1) is 4.91. The molecule has 11 heavy (non-hydrogen) atoms. The molecule has 0 spiro atoms. The third-order valence-electron chi connectivity index (χ3n) is 0.504. The van der Waals surface area contributed by atoms with Crippen molar-refractivity contribution in [2.75, 3.05) is 0 Å². The maximum absolute atomic E-state index is 9.50. The van der Waals surface area contributed by atoms with Crippen molar-refractivity contribution in [2.24, 2.45) is 0 Å². The highest BCUT2D eigenvalue weighted by Crippen LogP contribution is 2.05. The van der Waals surface area contributed by atoms with Crippen molar-refractivity contribution in [3.8, 4) is 0 Å². The zero-order valence-electron chi connectivity index (χ0n) is 6.05. The lowest BCUT2D eigenvalue weighted by molar-refractivity contribution is -0.513. The molecule has 0 bridgehead atoms. The highest BCUT2D eigenvalue weighted by molar-refractivity contribution is 6.58. The number of nitrogens with zero attached hydrogens (tertiary/aromatic N) is 1. The zero-order chi connectivity index (χ0) is 9.44. The van der Waals surface area contributed by atoms with Crippen molar-refractivity contribution >= 4 is 34.8 Å². The summed E-state index contributed by atoms with van der Waals surface area (Å²) in [5.41, 5.74) is 1.09. The second-order valence-electron chi connectivity index (χ2n) is 1.78. The first-order valence-corrected chi connectivity index (χ1v) is 3.86. The van der Waals surface area contributed by atoms with Gasteiger partial charge >= 0.3 is 0 Å². The fraction of sp³-hybridized carbons (Fsp3) is 0.600. The molecule has 0 aliphatic rings. The molecule has 6 heteroatoms. The minimum Gasteiger partial charge on any atom is -0.264 e. The van der Waals surface area contributed by atoms with Crippen molar-refractivity contribution in [2.45, 2.75) is 19.9 Å². The summed E-state index contributed by atoms with van der Waals surface area (Å²) in [6, 6.07) is -0.426. The Kier molecular flexibility index (Phi) is 10.0. The van der Waals surface area contributed by atoms with Crippen LogP contribution in [-0.4, -0.2) is 11.0 Å². The molecule has 0 atom stereocenters. The predicted octanol–water partition coefficient (Wildman–Crippen LogP) is 3.17. The van der Waals surface area contributed by atoms with Crippen molar-refractivity contribution in [3.63, 3.8) is 0 Å². The molecule has 3 nitrogen and oxygen atoms in total. The van der Waals surface area contributed by atoms with Crippen LogP contribution in [-0.2, 0) is 0 Å². The lowest BCUT2D eigenvalue weighted by atomic mass is 10.4. The third-order valence-corrected chi connectivity index (χ3v) is 1.16. The second kappa shape index (κ2) is 8.11. The summed E-state index contributed by atoms with van der Waals surface area (Å²) in [4.78, 5) is 9.17. The van der Waals surface area contributed by atoms with E-state index in [9.17, 15) is 10.1 Å². The molecule has 66 valence electrons. The fourth-order valence-corrected chi connectivity index (χ4v) is 0. The van der Waals surface area contributed by atoms with Crippen LogP contribution < -0.4 is 0 Å². The van der Waals surface area contributed by atoms with Crippen LogP contribution in [0.4, 0.5) is 0 Å². The van der Waals surface area contributed by atoms with E-state index in [1.165, 1.54) is 0 Å². The average molecular weight is 220 g/mol. The number of halogens is 3. The van der Waals surface area contributed by atoms with E-state index in [1.54, 1.807) is 13.8 Å². The van der Waals surface area contributed by atoms with Crippen LogP contribution in [0.5, 0.6) is 0 Å². The van der Waals surface area contributed by atoms with Gasteiger partial charge in [0.15, 0.2) is 0 Å². The van der Waals surface area contributed by atoms with E-state index in [0.717, 1.165) is 5.54 Å². The van der Waals surface area contributed by atoms with Gasteiger partial charge in [0, 0.05) is 24.3 Å². The molecule has 0 radical (unpaired) electrons. The normalized spacial score (nSPS) is 8.18. The van der Waals surface area contributed by atoms with Crippen LogP contribution in [0.3, 0.4) is 0 Å². The number of nitro groups is 1. The molecule has 0 saturated heterocycles. The van der Waals surface area contributed by atoms with E-state index >= 15 is 0 Å². The number of hydrogen-bond donors (Lipinski definition) is 0. The smallest absolute Gasteiger partial charge is 0.207 e. The van der Waals surface area contributed by atoms with Gasteiger partial charge in [-0.05, 0) is 0 Å². The van der Waals surface area contributed by atoms with E-state index in [0.29, 0.717) is 0 Å². The quantitative estimate of drug-likeness (QED) is 0.503. The molecule has 0 fully saturated rings. The van der Waals surface area contributed by atoms with Crippen LogP contribution in [0.15, 0.2) is 10.0 Å². The van der Waals surface area contributed by atoms with E-state index in [2.05, 4.69) is 0 Å². The van der Waals surface area contributed by atoms with E-state index < -0.39 is 6.04 Å². The molecular formula is C5H8Cl3NO2. The first-order valence-electron chi connectivity index (χ1n) is 2.66. The van der Waals surface area contributed by atoms with Gasteiger partial charge in [0.1, 0.15) is 4.49 Å². The van der Waals surface area contributed by atoms with Gasteiger partial charge in [-0.25, -0.2) is 0 Å². The molecule has 0 N–H and O–H groups in total. The van der Waals surface area contributed by atoms with E-state index in [1.807, 2.05) is 0 Å². The van der Waals surface area contributed by atoms with Crippen LogP contribution in [0.1, 0.15) is 13.8 Å². The van der Waals surface area contributed by atoms with Gasteiger partial charge in [0.2, 0.25) is 6.04 Å². The van der Waals surface area contributed by atoms with Crippen LogP contribution >= 0.6 is 34.8 Å². The number of hydrogen-bond acceptors (Lipinski definition) is 2. The third kappa shape index (κ3) is 17.8. The van der Waals surface area contributed by atoms with Gasteiger partial charge in [-0.1, -0.05) is 34.8 Å². The minimum absolute atomic E-state index is 0.0895. The molecule has 0 saturated carbocycles. The minimum atomic E-state index is -0.426. The van der Waals surface area contributed by atoms with Crippen LogP contribution in [0.25, 0.3) is 0 Å². The molecule has 0 amide bonds. The van der Waals surface area contributed by atoms with E-state index in [-0.39, 0.29) is 9.41 Å². The highest BCUT2D eigenvalue weighted by atomic mass is 35.5. The van der Waals surface area contributed by atoms with Gasteiger partial charge in [-0.15, -0.1) is 0 Å². The average Bonchev–Trinajstić information content (AvgIpc) is 1.89. The monoisotopic (exact) mass is 219 g/mol. The Morgan fingerprint density at radius 2 is 1.73 bits per heavy atom. The maximum Gasteiger partial charge on any atom is 0.207 e. The fourth-order valence-electron chi connectivity index (χ4n) is 0. The largest absolute Gasteiger partial charge is 0.264 e. The van der Waals surface area contributed by atoms with Gasteiger partial charge in [-0.3, -0.25) is 10.1 Å². The summed E-state index contributed by atoms with van der Waals surface area (Å²) in [7, 11) is 0. The van der Waals surface area contributed by atoms with Gasteiger partial charge in [0.05, 0.1) is 0 Å². The van der Waals surface area contributed by atoms with Crippen LogP contribution in [0.2, 0.25) is 0 Å². The van der Waals surface area contributed by atoms with Gasteiger partial charge < -0.3 is 0 Å². The van der Waals surface area contributed by atoms with E-state index in [4.69, 9.17) is 34.8 Å². The molecule has 0 heterocycles. The Labute approximate surface area is 80.1 Å². The molecule has 0 unspecified atom stereocenters. The predicted molar refractivity (Wildman–Crippen MR) is 47.8 cm³/mol. The summed E-state index contributed by atoms with van der Waals surface area (Å²) in [5, 5.41) is 9.50. The van der Waals surface area contributed by atoms with Crippen molar-refractivity contribution in [1.82, 2.24) is 0 Å². The second-order valence-corrected chi connectivity index (χ2v) is 3.00. The molecular weight excluding hydrogens is 212 g/mol. The number of rotatable bonds is 1.